The zero-order valence-electron chi connectivity index (χ0n) is 17.0. The van der Waals surface area contributed by atoms with Crippen LogP contribution in [0.15, 0.2) is 48.5 Å². The van der Waals surface area contributed by atoms with Crippen molar-refractivity contribution >= 4 is 31.6 Å². The number of hydrogen-bond donors (Lipinski definition) is 0. The summed E-state index contributed by atoms with van der Waals surface area (Å²) < 4.78 is 57.1. The summed E-state index contributed by atoms with van der Waals surface area (Å²) in [5.41, 5.74) is 0.248. The van der Waals surface area contributed by atoms with E-state index in [2.05, 4.69) is 0 Å². The average molecular weight is 488 g/mol. The number of benzene rings is 2. The highest BCUT2D eigenvalue weighted by atomic mass is 32.2. The highest BCUT2D eigenvalue weighted by Crippen LogP contribution is 2.33. The number of nitro groups is 2. The molecule has 0 heterocycles. The Balaban J connectivity index is 2.31. The van der Waals surface area contributed by atoms with Gasteiger partial charge in [-0.15, -0.1) is 0 Å². The molecule has 0 fully saturated rings. The smallest absolute Gasteiger partial charge is 0.262 e. The van der Waals surface area contributed by atoms with Gasteiger partial charge in [0.05, 0.1) is 22.4 Å². The van der Waals surface area contributed by atoms with E-state index in [0.717, 1.165) is 12.5 Å². The first-order chi connectivity index (χ1) is 14.7. The Kier molecular flexibility index (Phi) is 8.01. The van der Waals surface area contributed by atoms with Crippen LogP contribution >= 0.6 is 0 Å². The van der Waals surface area contributed by atoms with Gasteiger partial charge in [-0.05, 0) is 48.2 Å². The van der Waals surface area contributed by atoms with Crippen LogP contribution in [0.25, 0.3) is 0 Å². The number of non-ortho nitro benzene ring substituents is 2. The lowest BCUT2D eigenvalue weighted by atomic mass is 9.99. The molecular weight excluding hydrogens is 468 g/mol. The second-order valence-electron chi connectivity index (χ2n) is 6.85. The Morgan fingerprint density at radius 1 is 0.688 bits per heavy atom. The molecule has 0 unspecified atom stereocenters. The Morgan fingerprint density at radius 2 is 0.969 bits per heavy atom. The fourth-order valence-electron chi connectivity index (χ4n) is 2.89. The van der Waals surface area contributed by atoms with Gasteiger partial charge in [0.1, 0.15) is 12.2 Å². The lowest BCUT2D eigenvalue weighted by molar-refractivity contribution is -0.385. The van der Waals surface area contributed by atoms with E-state index in [0.29, 0.717) is 11.1 Å². The van der Waals surface area contributed by atoms with Gasteiger partial charge in [-0.1, -0.05) is 0 Å². The maximum atomic E-state index is 11.7. The Bertz CT molecular complexity index is 1080. The highest BCUT2D eigenvalue weighted by Gasteiger charge is 2.24. The van der Waals surface area contributed by atoms with E-state index in [1.807, 2.05) is 0 Å². The van der Waals surface area contributed by atoms with Gasteiger partial charge in [-0.25, -0.2) is 0 Å². The molecule has 0 bridgehead atoms. The third-order valence-corrected chi connectivity index (χ3v) is 5.39. The largest absolute Gasteiger partial charge is 0.269 e. The van der Waals surface area contributed by atoms with Crippen molar-refractivity contribution in [1.29, 1.82) is 0 Å². The van der Waals surface area contributed by atoms with Gasteiger partial charge in [-0.2, -0.15) is 16.8 Å². The van der Waals surface area contributed by atoms with Crippen molar-refractivity contribution in [3.05, 3.63) is 79.9 Å². The van der Waals surface area contributed by atoms with Crippen LogP contribution in [0.5, 0.6) is 0 Å². The normalized spacial score (nSPS) is 13.9. The summed E-state index contributed by atoms with van der Waals surface area (Å²) in [5.74, 6) is 0. The minimum absolute atomic E-state index is 0.0396. The SMILES string of the molecule is CS(=O)(=O)O[C@@H](CC[C@H](OS(C)(=O)=O)c1ccc([N+](=O)[O-])cc1)c1ccc([N+](=O)[O-])cc1. The number of hydrogen-bond acceptors (Lipinski definition) is 10. The van der Waals surface area contributed by atoms with Gasteiger partial charge in [-0.3, -0.25) is 28.6 Å². The molecule has 14 heteroatoms. The van der Waals surface area contributed by atoms with E-state index in [1.54, 1.807) is 0 Å². The van der Waals surface area contributed by atoms with Crippen LogP contribution in [0.4, 0.5) is 11.4 Å². The molecule has 0 radical (unpaired) electrons. The quantitative estimate of drug-likeness (QED) is 0.260. The zero-order chi connectivity index (χ0) is 24.1. The monoisotopic (exact) mass is 488 g/mol. The van der Waals surface area contributed by atoms with Crippen LogP contribution in [0, 0.1) is 20.2 Å². The molecule has 2 aromatic carbocycles. The van der Waals surface area contributed by atoms with Crippen LogP contribution < -0.4 is 0 Å². The maximum Gasteiger partial charge on any atom is 0.269 e. The fourth-order valence-corrected chi connectivity index (χ4v) is 4.15. The summed E-state index contributed by atoms with van der Waals surface area (Å²) in [6.45, 7) is 0. The van der Waals surface area contributed by atoms with Crippen molar-refractivity contribution in [2.75, 3.05) is 12.5 Å². The van der Waals surface area contributed by atoms with E-state index >= 15 is 0 Å². The molecule has 2 rings (SSSR count). The first-order valence-corrected chi connectivity index (χ1v) is 12.6. The molecule has 0 aliphatic rings. The van der Waals surface area contributed by atoms with Gasteiger partial charge in [0.15, 0.2) is 0 Å². The lowest BCUT2D eigenvalue weighted by Gasteiger charge is -2.21. The van der Waals surface area contributed by atoms with Gasteiger partial charge < -0.3 is 0 Å². The standard InChI is InChI=1S/C18H20N2O10S2/c1-31(25,26)29-17(13-3-7-15(8-4-13)19(21)22)11-12-18(30-32(2,27)28)14-5-9-16(10-6-14)20(23)24/h3-10,17-18H,11-12H2,1-2H3/t17-,18-/m0/s1. The number of nitro benzene ring substituents is 2. The van der Waals surface area contributed by atoms with E-state index in [9.17, 15) is 37.1 Å². The third kappa shape index (κ3) is 7.96. The molecule has 32 heavy (non-hydrogen) atoms. The summed E-state index contributed by atoms with van der Waals surface area (Å²) in [4.78, 5) is 20.5. The highest BCUT2D eigenvalue weighted by molar-refractivity contribution is 7.86. The van der Waals surface area contributed by atoms with Crippen LogP contribution in [-0.2, 0) is 28.6 Å². The van der Waals surface area contributed by atoms with Crippen molar-refractivity contribution in [3.8, 4) is 0 Å². The Hall–Kier alpha value is -2.94. The molecule has 0 saturated heterocycles. The van der Waals surface area contributed by atoms with Crippen molar-refractivity contribution in [2.45, 2.75) is 25.0 Å². The number of nitrogens with zero attached hydrogens (tertiary/aromatic N) is 2. The predicted octanol–water partition coefficient (Wildman–Crippen LogP) is 3.02. The Labute approximate surface area is 184 Å². The first-order valence-electron chi connectivity index (χ1n) is 9.00. The van der Waals surface area contributed by atoms with Gasteiger partial charge >= 0.3 is 0 Å². The first kappa shape index (κ1) is 25.3. The molecule has 2 atom stereocenters. The van der Waals surface area contributed by atoms with Crippen molar-refractivity contribution in [3.63, 3.8) is 0 Å². The zero-order valence-corrected chi connectivity index (χ0v) is 18.6. The predicted molar refractivity (Wildman–Crippen MR) is 113 cm³/mol. The summed E-state index contributed by atoms with van der Waals surface area (Å²) in [6.07, 6.45) is -0.549. The lowest BCUT2D eigenvalue weighted by Crippen LogP contribution is -2.15. The molecule has 12 nitrogen and oxygen atoms in total. The topological polar surface area (TPSA) is 173 Å². The van der Waals surface area contributed by atoms with E-state index in [-0.39, 0.29) is 24.2 Å². The molecule has 174 valence electrons. The molecule has 0 amide bonds. The summed E-state index contributed by atoms with van der Waals surface area (Å²) in [6, 6.07) is 10.1. The van der Waals surface area contributed by atoms with Crippen LogP contribution in [0.1, 0.15) is 36.2 Å². The summed E-state index contributed by atoms with van der Waals surface area (Å²) in [5, 5.41) is 21.7. The van der Waals surface area contributed by atoms with Crippen molar-refractivity contribution in [2.24, 2.45) is 0 Å². The average Bonchev–Trinajstić information content (AvgIpc) is 2.68. The van der Waals surface area contributed by atoms with Gasteiger partial charge in [0.2, 0.25) is 0 Å². The third-order valence-electron chi connectivity index (χ3n) is 4.22. The van der Waals surface area contributed by atoms with E-state index < -0.39 is 42.3 Å². The molecule has 0 aliphatic heterocycles. The van der Waals surface area contributed by atoms with Gasteiger partial charge in [0, 0.05) is 24.3 Å². The summed E-state index contributed by atoms with van der Waals surface area (Å²) in [7, 11) is -7.86. The molecule has 0 saturated carbocycles. The van der Waals surface area contributed by atoms with Crippen LogP contribution in [-0.4, -0.2) is 39.2 Å². The molecule has 0 N–H and O–H groups in total. The molecule has 2 aromatic rings. The minimum atomic E-state index is -3.93. The molecule has 0 aliphatic carbocycles. The van der Waals surface area contributed by atoms with E-state index in [4.69, 9.17) is 8.37 Å². The second-order valence-corrected chi connectivity index (χ2v) is 10.1. The fraction of sp³-hybridized carbons (Fsp3) is 0.333. The molecular formula is C18H20N2O10S2. The molecule has 0 spiro atoms. The van der Waals surface area contributed by atoms with Gasteiger partial charge in [0.25, 0.3) is 31.6 Å². The van der Waals surface area contributed by atoms with Crippen LogP contribution in [0.2, 0.25) is 0 Å². The van der Waals surface area contributed by atoms with Crippen molar-refractivity contribution < 1.29 is 35.0 Å². The Morgan fingerprint density at radius 3 is 1.19 bits per heavy atom. The van der Waals surface area contributed by atoms with Crippen LogP contribution in [0.3, 0.4) is 0 Å². The number of rotatable bonds is 11. The van der Waals surface area contributed by atoms with E-state index in [1.165, 1.54) is 48.5 Å². The maximum absolute atomic E-state index is 11.7. The molecule has 0 aromatic heterocycles. The second kappa shape index (κ2) is 10.1. The minimum Gasteiger partial charge on any atom is -0.262 e. The summed E-state index contributed by atoms with van der Waals surface area (Å²) >= 11 is 0. The van der Waals surface area contributed by atoms with Crippen molar-refractivity contribution in [1.82, 2.24) is 0 Å².